The van der Waals surface area contributed by atoms with Gasteiger partial charge in [0.2, 0.25) is 0 Å². The van der Waals surface area contributed by atoms with Crippen molar-refractivity contribution in [2.45, 2.75) is 33.8 Å². The van der Waals surface area contributed by atoms with Crippen LogP contribution in [-0.4, -0.2) is 17.9 Å². The highest BCUT2D eigenvalue weighted by Gasteiger charge is 2.17. The van der Waals surface area contributed by atoms with E-state index in [-0.39, 0.29) is 5.91 Å². The predicted molar refractivity (Wildman–Crippen MR) is 92.8 cm³/mol. The number of amides is 2. The molecule has 1 atom stereocenters. The standard InChI is InChI=1S/C19H22N2O3/c1-12-7-5-9-16(11-12)19(23)21-20-18(22)15(4)24-17-10-6-8-13(2)14(17)3/h5-11,15H,1-4H3,(H,20,22)(H,21,23). The van der Waals surface area contributed by atoms with Crippen LogP contribution in [0.25, 0.3) is 0 Å². The first kappa shape index (κ1) is 17.5. The maximum atomic E-state index is 12.1. The Labute approximate surface area is 142 Å². The molecule has 0 heterocycles. The van der Waals surface area contributed by atoms with E-state index in [2.05, 4.69) is 10.9 Å². The van der Waals surface area contributed by atoms with Gasteiger partial charge in [-0.25, -0.2) is 0 Å². The van der Waals surface area contributed by atoms with Gasteiger partial charge in [-0.3, -0.25) is 20.4 Å². The molecule has 0 radical (unpaired) electrons. The second kappa shape index (κ2) is 7.64. The van der Waals surface area contributed by atoms with E-state index in [1.807, 2.05) is 45.0 Å². The van der Waals surface area contributed by atoms with E-state index in [1.165, 1.54) is 0 Å². The molecule has 0 aliphatic rings. The summed E-state index contributed by atoms with van der Waals surface area (Å²) in [6, 6.07) is 12.8. The van der Waals surface area contributed by atoms with Gasteiger partial charge in [0.1, 0.15) is 5.75 Å². The summed E-state index contributed by atoms with van der Waals surface area (Å²) in [6.07, 6.45) is -0.733. The summed E-state index contributed by atoms with van der Waals surface area (Å²) < 4.78 is 5.68. The van der Waals surface area contributed by atoms with Gasteiger partial charge in [-0.1, -0.05) is 29.8 Å². The SMILES string of the molecule is Cc1cccc(C(=O)NNC(=O)C(C)Oc2cccc(C)c2C)c1. The summed E-state index contributed by atoms with van der Waals surface area (Å²) in [7, 11) is 0. The number of carbonyl (C=O) groups excluding carboxylic acids is 2. The lowest BCUT2D eigenvalue weighted by Gasteiger charge is -2.17. The Morgan fingerprint density at radius 3 is 2.42 bits per heavy atom. The zero-order chi connectivity index (χ0) is 17.7. The van der Waals surface area contributed by atoms with Crippen LogP contribution in [0.15, 0.2) is 42.5 Å². The summed E-state index contributed by atoms with van der Waals surface area (Å²) in [4.78, 5) is 24.1. The highest BCUT2D eigenvalue weighted by Crippen LogP contribution is 2.21. The maximum Gasteiger partial charge on any atom is 0.279 e. The van der Waals surface area contributed by atoms with E-state index in [0.717, 1.165) is 16.7 Å². The van der Waals surface area contributed by atoms with Crippen molar-refractivity contribution >= 4 is 11.8 Å². The molecule has 2 rings (SSSR count). The van der Waals surface area contributed by atoms with Crippen LogP contribution in [-0.2, 0) is 4.79 Å². The molecule has 2 aromatic carbocycles. The quantitative estimate of drug-likeness (QED) is 0.849. The van der Waals surface area contributed by atoms with Crippen molar-refractivity contribution in [3.63, 3.8) is 0 Å². The molecule has 5 heteroatoms. The first-order valence-corrected chi connectivity index (χ1v) is 7.78. The number of ether oxygens (including phenoxy) is 1. The summed E-state index contributed by atoms with van der Waals surface area (Å²) in [5.74, 6) is -0.134. The number of hydrogen-bond acceptors (Lipinski definition) is 3. The van der Waals surface area contributed by atoms with Gasteiger partial charge < -0.3 is 4.74 Å². The molecule has 1 unspecified atom stereocenters. The first-order chi connectivity index (χ1) is 11.4. The van der Waals surface area contributed by atoms with Gasteiger partial charge in [0.05, 0.1) is 0 Å². The molecular formula is C19H22N2O3. The lowest BCUT2D eigenvalue weighted by atomic mass is 10.1. The van der Waals surface area contributed by atoms with Gasteiger partial charge in [0, 0.05) is 5.56 Å². The normalized spacial score (nSPS) is 11.5. The van der Waals surface area contributed by atoms with Gasteiger partial charge >= 0.3 is 0 Å². The Morgan fingerprint density at radius 2 is 1.71 bits per heavy atom. The number of carbonyl (C=O) groups is 2. The zero-order valence-electron chi connectivity index (χ0n) is 14.3. The fraction of sp³-hybridized carbons (Fsp3) is 0.263. The molecule has 2 aromatic rings. The Kier molecular flexibility index (Phi) is 5.58. The van der Waals surface area contributed by atoms with E-state index in [0.29, 0.717) is 11.3 Å². The largest absolute Gasteiger partial charge is 0.481 e. The molecule has 2 N–H and O–H groups in total. The van der Waals surface area contributed by atoms with Crippen molar-refractivity contribution in [3.8, 4) is 5.75 Å². The van der Waals surface area contributed by atoms with Crippen LogP contribution in [0.1, 0.15) is 34.0 Å². The fourth-order valence-electron chi connectivity index (χ4n) is 2.17. The molecule has 5 nitrogen and oxygen atoms in total. The molecule has 0 aliphatic heterocycles. The second-order valence-corrected chi connectivity index (χ2v) is 5.77. The van der Waals surface area contributed by atoms with Crippen molar-refractivity contribution < 1.29 is 14.3 Å². The number of hydrazine groups is 1. The van der Waals surface area contributed by atoms with Gasteiger partial charge in [-0.2, -0.15) is 0 Å². The number of nitrogens with one attached hydrogen (secondary N) is 2. The molecule has 0 saturated carbocycles. The van der Waals surface area contributed by atoms with Crippen LogP contribution in [0.4, 0.5) is 0 Å². The molecular weight excluding hydrogens is 304 g/mol. The minimum absolute atomic E-state index is 0.369. The third kappa shape index (κ3) is 4.35. The summed E-state index contributed by atoms with van der Waals surface area (Å²) in [5.41, 5.74) is 8.33. The van der Waals surface area contributed by atoms with Crippen molar-refractivity contribution in [3.05, 3.63) is 64.7 Å². The molecule has 0 spiro atoms. The maximum absolute atomic E-state index is 12.1. The minimum Gasteiger partial charge on any atom is -0.481 e. The predicted octanol–water partition coefficient (Wildman–Crippen LogP) is 2.84. The van der Waals surface area contributed by atoms with Crippen molar-refractivity contribution in [2.75, 3.05) is 0 Å². The summed E-state index contributed by atoms with van der Waals surface area (Å²) in [6.45, 7) is 7.45. The lowest BCUT2D eigenvalue weighted by Crippen LogP contribution is -2.47. The zero-order valence-corrected chi connectivity index (χ0v) is 14.3. The van der Waals surface area contributed by atoms with Gasteiger partial charge in [-0.05, 0) is 57.0 Å². The van der Waals surface area contributed by atoms with E-state index in [1.54, 1.807) is 25.1 Å². The van der Waals surface area contributed by atoms with E-state index in [4.69, 9.17) is 4.74 Å². The van der Waals surface area contributed by atoms with E-state index < -0.39 is 12.0 Å². The van der Waals surface area contributed by atoms with Crippen LogP contribution < -0.4 is 15.6 Å². The summed E-state index contributed by atoms with van der Waals surface area (Å²) >= 11 is 0. The Hall–Kier alpha value is -2.82. The highest BCUT2D eigenvalue weighted by atomic mass is 16.5. The Balaban J connectivity index is 1.92. The molecule has 0 saturated heterocycles. The summed E-state index contributed by atoms with van der Waals surface area (Å²) in [5, 5.41) is 0. The van der Waals surface area contributed by atoms with Crippen molar-refractivity contribution in [1.29, 1.82) is 0 Å². The van der Waals surface area contributed by atoms with E-state index >= 15 is 0 Å². The highest BCUT2D eigenvalue weighted by molar-refractivity contribution is 5.95. The molecule has 126 valence electrons. The average Bonchev–Trinajstić information content (AvgIpc) is 2.56. The van der Waals surface area contributed by atoms with Gasteiger partial charge in [-0.15, -0.1) is 0 Å². The number of benzene rings is 2. The topological polar surface area (TPSA) is 67.4 Å². The van der Waals surface area contributed by atoms with Gasteiger partial charge in [0.25, 0.3) is 11.8 Å². The second-order valence-electron chi connectivity index (χ2n) is 5.77. The minimum atomic E-state index is -0.733. The molecule has 24 heavy (non-hydrogen) atoms. The molecule has 0 bridgehead atoms. The molecule has 0 aromatic heterocycles. The number of rotatable bonds is 4. The van der Waals surface area contributed by atoms with Crippen molar-refractivity contribution in [2.24, 2.45) is 0 Å². The smallest absolute Gasteiger partial charge is 0.279 e. The van der Waals surface area contributed by atoms with Crippen LogP contribution in [0.5, 0.6) is 5.75 Å². The Morgan fingerprint density at radius 1 is 1.00 bits per heavy atom. The van der Waals surface area contributed by atoms with E-state index in [9.17, 15) is 9.59 Å². The van der Waals surface area contributed by atoms with Crippen molar-refractivity contribution in [1.82, 2.24) is 10.9 Å². The number of aryl methyl sites for hydroxylation is 2. The van der Waals surface area contributed by atoms with Crippen LogP contribution >= 0.6 is 0 Å². The van der Waals surface area contributed by atoms with Crippen LogP contribution in [0.3, 0.4) is 0 Å². The molecule has 0 aliphatic carbocycles. The average molecular weight is 326 g/mol. The lowest BCUT2D eigenvalue weighted by molar-refractivity contribution is -0.128. The molecule has 2 amide bonds. The van der Waals surface area contributed by atoms with Gasteiger partial charge in [0.15, 0.2) is 6.10 Å². The number of hydrogen-bond donors (Lipinski definition) is 2. The van der Waals surface area contributed by atoms with Crippen LogP contribution in [0, 0.1) is 20.8 Å². The monoisotopic (exact) mass is 326 g/mol. The van der Waals surface area contributed by atoms with Crippen LogP contribution in [0.2, 0.25) is 0 Å². The third-order valence-corrected chi connectivity index (χ3v) is 3.81. The fourth-order valence-corrected chi connectivity index (χ4v) is 2.17. The molecule has 0 fully saturated rings. The first-order valence-electron chi connectivity index (χ1n) is 7.78. The third-order valence-electron chi connectivity index (χ3n) is 3.81. The Bertz CT molecular complexity index is 756.